The third-order valence-corrected chi connectivity index (χ3v) is 3.67. The van der Waals surface area contributed by atoms with Gasteiger partial charge >= 0.3 is 0 Å². The Labute approximate surface area is 129 Å². The third-order valence-electron chi connectivity index (χ3n) is 3.67. The van der Waals surface area contributed by atoms with Crippen LogP contribution in [0.3, 0.4) is 0 Å². The van der Waals surface area contributed by atoms with Crippen molar-refractivity contribution in [1.29, 1.82) is 0 Å². The maximum atomic E-state index is 13.0. The fourth-order valence-corrected chi connectivity index (χ4v) is 2.45. The summed E-state index contributed by atoms with van der Waals surface area (Å²) in [6.45, 7) is 6.31. The first-order valence-electron chi connectivity index (χ1n) is 7.85. The Hall–Kier alpha value is -0.970. The Kier molecular flexibility index (Phi) is 8.50. The van der Waals surface area contributed by atoms with Crippen LogP contribution in [-0.4, -0.2) is 57.1 Å². The number of hydrogen-bond donors (Lipinski definition) is 1. The molecule has 3 nitrogen and oxygen atoms in total. The van der Waals surface area contributed by atoms with Gasteiger partial charge in [0.1, 0.15) is 5.82 Å². The summed E-state index contributed by atoms with van der Waals surface area (Å²) in [5.41, 5.74) is 1.17. The number of rotatable bonds is 10. The van der Waals surface area contributed by atoms with Gasteiger partial charge in [-0.1, -0.05) is 19.1 Å². The molecule has 1 aromatic rings. The normalized spacial score (nSPS) is 13.1. The molecule has 120 valence electrons. The predicted octanol–water partition coefficient (Wildman–Crippen LogP) is 2.75. The van der Waals surface area contributed by atoms with Crippen molar-refractivity contribution in [2.75, 3.05) is 47.3 Å². The molecule has 0 radical (unpaired) electrons. The van der Waals surface area contributed by atoms with Gasteiger partial charge in [-0.05, 0) is 77.9 Å². The van der Waals surface area contributed by atoms with Crippen molar-refractivity contribution < 1.29 is 4.39 Å². The van der Waals surface area contributed by atoms with Crippen LogP contribution in [0.5, 0.6) is 0 Å². The minimum atomic E-state index is -0.171. The van der Waals surface area contributed by atoms with Crippen LogP contribution in [0.4, 0.5) is 4.39 Å². The molecule has 21 heavy (non-hydrogen) atoms. The molecule has 0 amide bonds. The Morgan fingerprint density at radius 2 is 1.71 bits per heavy atom. The van der Waals surface area contributed by atoms with Gasteiger partial charge < -0.3 is 15.1 Å². The molecule has 0 aliphatic carbocycles. The van der Waals surface area contributed by atoms with Crippen molar-refractivity contribution in [2.45, 2.75) is 25.8 Å². The molecule has 0 spiro atoms. The highest BCUT2D eigenvalue weighted by molar-refractivity contribution is 5.19. The van der Waals surface area contributed by atoms with Crippen LogP contribution in [0.2, 0.25) is 0 Å². The van der Waals surface area contributed by atoms with Gasteiger partial charge in [0, 0.05) is 6.04 Å². The molecule has 1 aromatic carbocycles. The van der Waals surface area contributed by atoms with Gasteiger partial charge in [-0.2, -0.15) is 0 Å². The topological polar surface area (TPSA) is 18.5 Å². The Morgan fingerprint density at radius 3 is 2.29 bits per heavy atom. The minimum absolute atomic E-state index is 0.171. The molecule has 1 unspecified atom stereocenters. The summed E-state index contributed by atoms with van der Waals surface area (Å²) in [5.74, 6) is -0.171. The zero-order valence-corrected chi connectivity index (χ0v) is 13.9. The van der Waals surface area contributed by atoms with E-state index in [1.165, 1.54) is 12.0 Å². The fraction of sp³-hybridized carbons (Fsp3) is 0.647. The molecular formula is C17H30FN3. The van der Waals surface area contributed by atoms with Gasteiger partial charge in [0.2, 0.25) is 0 Å². The largest absolute Gasteiger partial charge is 0.310 e. The van der Waals surface area contributed by atoms with Crippen LogP contribution in [0.1, 0.15) is 31.4 Å². The molecule has 1 atom stereocenters. The van der Waals surface area contributed by atoms with E-state index in [2.05, 4.69) is 43.2 Å². The molecule has 0 heterocycles. The van der Waals surface area contributed by atoms with E-state index >= 15 is 0 Å². The molecule has 4 heteroatoms. The predicted molar refractivity (Wildman–Crippen MR) is 88.1 cm³/mol. The van der Waals surface area contributed by atoms with Crippen molar-refractivity contribution in [3.8, 4) is 0 Å². The first-order chi connectivity index (χ1) is 10.0. The third kappa shape index (κ3) is 7.55. The van der Waals surface area contributed by atoms with Crippen molar-refractivity contribution in [2.24, 2.45) is 0 Å². The van der Waals surface area contributed by atoms with E-state index in [0.717, 1.165) is 32.6 Å². The fourth-order valence-electron chi connectivity index (χ4n) is 2.45. The summed E-state index contributed by atoms with van der Waals surface area (Å²) in [6, 6.07) is 7.15. The lowest BCUT2D eigenvalue weighted by atomic mass is 10.0. The first kappa shape index (κ1) is 18.1. The molecule has 0 aromatic heterocycles. The highest BCUT2D eigenvalue weighted by Crippen LogP contribution is 2.17. The summed E-state index contributed by atoms with van der Waals surface area (Å²) < 4.78 is 13.0. The highest BCUT2D eigenvalue weighted by atomic mass is 19.1. The average Bonchev–Trinajstić information content (AvgIpc) is 2.44. The number of hydrogen-bond acceptors (Lipinski definition) is 3. The molecule has 0 saturated carbocycles. The Balaban J connectivity index is 2.42. The number of nitrogens with zero attached hydrogens (tertiary/aromatic N) is 2. The second-order valence-corrected chi connectivity index (χ2v) is 5.91. The van der Waals surface area contributed by atoms with Crippen LogP contribution < -0.4 is 5.32 Å². The number of benzene rings is 1. The van der Waals surface area contributed by atoms with Crippen LogP contribution in [-0.2, 0) is 0 Å². The zero-order chi connectivity index (χ0) is 15.7. The van der Waals surface area contributed by atoms with E-state index in [9.17, 15) is 4.39 Å². The molecule has 0 aliphatic rings. The molecule has 0 bridgehead atoms. The summed E-state index contributed by atoms with van der Waals surface area (Å²) in [4.78, 5) is 4.59. The van der Waals surface area contributed by atoms with Crippen LogP contribution >= 0.6 is 0 Å². The summed E-state index contributed by atoms with van der Waals surface area (Å²) in [7, 11) is 6.38. The van der Waals surface area contributed by atoms with Gasteiger partial charge in [0.15, 0.2) is 0 Å². The average molecular weight is 295 g/mol. The smallest absolute Gasteiger partial charge is 0.123 e. The van der Waals surface area contributed by atoms with Gasteiger partial charge in [0.25, 0.3) is 0 Å². The van der Waals surface area contributed by atoms with Crippen LogP contribution in [0, 0.1) is 5.82 Å². The summed E-state index contributed by atoms with van der Waals surface area (Å²) in [6.07, 6.45) is 2.23. The number of halogens is 1. The van der Waals surface area contributed by atoms with E-state index in [-0.39, 0.29) is 5.82 Å². The Morgan fingerprint density at radius 1 is 1.05 bits per heavy atom. The lowest BCUT2D eigenvalue weighted by molar-refractivity contribution is 0.284. The highest BCUT2D eigenvalue weighted by Gasteiger charge is 2.11. The van der Waals surface area contributed by atoms with Crippen LogP contribution in [0.15, 0.2) is 24.3 Å². The van der Waals surface area contributed by atoms with E-state index in [0.29, 0.717) is 6.04 Å². The molecular weight excluding hydrogens is 265 g/mol. The van der Waals surface area contributed by atoms with E-state index in [1.807, 2.05) is 12.1 Å². The maximum absolute atomic E-state index is 13.0. The van der Waals surface area contributed by atoms with E-state index in [1.54, 1.807) is 12.1 Å². The zero-order valence-electron chi connectivity index (χ0n) is 13.9. The van der Waals surface area contributed by atoms with Gasteiger partial charge in [-0.15, -0.1) is 0 Å². The van der Waals surface area contributed by atoms with Crippen molar-refractivity contribution in [3.63, 3.8) is 0 Å². The molecule has 0 aliphatic heterocycles. The van der Waals surface area contributed by atoms with Gasteiger partial charge in [-0.3, -0.25) is 0 Å². The molecule has 1 rings (SSSR count). The Bertz CT molecular complexity index is 378. The van der Waals surface area contributed by atoms with E-state index in [4.69, 9.17) is 0 Å². The number of nitrogens with one attached hydrogen (secondary N) is 1. The second-order valence-electron chi connectivity index (χ2n) is 5.91. The van der Waals surface area contributed by atoms with Crippen molar-refractivity contribution >= 4 is 0 Å². The maximum Gasteiger partial charge on any atom is 0.123 e. The van der Waals surface area contributed by atoms with Gasteiger partial charge in [0.05, 0.1) is 0 Å². The first-order valence-corrected chi connectivity index (χ1v) is 7.85. The van der Waals surface area contributed by atoms with E-state index < -0.39 is 0 Å². The second kappa shape index (κ2) is 9.87. The van der Waals surface area contributed by atoms with Gasteiger partial charge in [-0.25, -0.2) is 4.39 Å². The van der Waals surface area contributed by atoms with Crippen LogP contribution in [0.25, 0.3) is 0 Å². The lowest BCUT2D eigenvalue weighted by Gasteiger charge is -2.23. The lowest BCUT2D eigenvalue weighted by Crippen LogP contribution is -2.29. The van der Waals surface area contributed by atoms with Crippen molar-refractivity contribution in [3.05, 3.63) is 35.6 Å². The molecule has 1 N–H and O–H groups in total. The summed E-state index contributed by atoms with van der Waals surface area (Å²) in [5, 5.41) is 3.49. The summed E-state index contributed by atoms with van der Waals surface area (Å²) >= 11 is 0. The quantitative estimate of drug-likeness (QED) is 0.716. The minimum Gasteiger partial charge on any atom is -0.310 e. The monoisotopic (exact) mass is 295 g/mol. The molecule has 0 saturated heterocycles. The standard InChI is InChI=1S/C17H30FN3/c1-5-19-17(15-7-9-16(18)10-8-15)11-14-21(4)13-6-12-20(2)3/h7-10,17,19H,5-6,11-14H2,1-4H3. The van der Waals surface area contributed by atoms with Crippen molar-refractivity contribution in [1.82, 2.24) is 15.1 Å². The SMILES string of the molecule is CCNC(CCN(C)CCCN(C)C)c1ccc(F)cc1. The molecule has 0 fully saturated rings.